The Morgan fingerprint density at radius 3 is 1.58 bits per heavy atom. The van der Waals surface area contributed by atoms with Crippen LogP contribution >= 0.6 is 0 Å². The van der Waals surface area contributed by atoms with Crippen LogP contribution in [0.1, 0.15) is 27.8 Å². The molecule has 0 bridgehead atoms. The molecule has 4 aromatic carbocycles. The molecule has 0 saturated heterocycles. The Morgan fingerprint density at radius 1 is 0.581 bits per heavy atom. The molecule has 156 valence electrons. The molecular formula is C29H30N2. The van der Waals surface area contributed by atoms with E-state index in [2.05, 4.69) is 127 Å². The molecule has 4 aromatic rings. The van der Waals surface area contributed by atoms with Crippen LogP contribution in [0.5, 0.6) is 0 Å². The summed E-state index contributed by atoms with van der Waals surface area (Å²) in [5.74, 6) is 0. The van der Waals surface area contributed by atoms with Gasteiger partial charge < -0.3 is 10.2 Å². The highest BCUT2D eigenvalue weighted by Crippen LogP contribution is 2.33. The molecule has 2 heteroatoms. The van der Waals surface area contributed by atoms with Gasteiger partial charge in [0.05, 0.1) is 0 Å². The first-order valence-electron chi connectivity index (χ1n) is 10.9. The van der Waals surface area contributed by atoms with E-state index in [1.807, 2.05) is 0 Å². The molecule has 0 fully saturated rings. The third-order valence-corrected chi connectivity index (χ3v) is 5.71. The lowest BCUT2D eigenvalue weighted by molar-refractivity contribution is 0.793. The predicted molar refractivity (Wildman–Crippen MR) is 132 cm³/mol. The monoisotopic (exact) mass is 406 g/mol. The maximum Gasteiger partial charge on any atom is 0.0452 e. The second-order valence-corrected chi connectivity index (χ2v) is 8.07. The highest BCUT2D eigenvalue weighted by atomic mass is 15.1. The molecule has 1 N–H and O–H groups in total. The van der Waals surface area contributed by atoms with Gasteiger partial charge in [-0.2, -0.15) is 0 Å². The number of hydrogen-bond acceptors (Lipinski definition) is 2. The maximum atomic E-state index is 3.65. The third kappa shape index (κ3) is 5.35. The molecule has 0 aliphatic heterocycles. The van der Waals surface area contributed by atoms with Crippen molar-refractivity contribution in [1.29, 1.82) is 0 Å². The zero-order valence-corrected chi connectivity index (χ0v) is 18.4. The molecular weight excluding hydrogens is 376 g/mol. The number of nitrogens with zero attached hydrogens (tertiary/aromatic N) is 1. The molecule has 2 nitrogen and oxygen atoms in total. The molecule has 4 rings (SSSR count). The van der Waals surface area contributed by atoms with Crippen molar-refractivity contribution in [3.63, 3.8) is 0 Å². The molecule has 0 unspecified atom stereocenters. The van der Waals surface area contributed by atoms with E-state index in [4.69, 9.17) is 0 Å². The number of anilines is 2. The first-order chi connectivity index (χ1) is 15.2. The molecule has 0 aliphatic carbocycles. The summed E-state index contributed by atoms with van der Waals surface area (Å²) in [6.45, 7) is 7.02. The van der Waals surface area contributed by atoms with Crippen LogP contribution in [0, 0.1) is 13.8 Å². The van der Waals surface area contributed by atoms with Gasteiger partial charge in [0.25, 0.3) is 0 Å². The number of aryl methyl sites for hydroxylation is 1. The number of benzene rings is 4. The van der Waals surface area contributed by atoms with Gasteiger partial charge in [0.2, 0.25) is 0 Å². The minimum absolute atomic E-state index is 0.821. The zero-order valence-electron chi connectivity index (χ0n) is 18.4. The van der Waals surface area contributed by atoms with Crippen LogP contribution in [0.25, 0.3) is 0 Å². The van der Waals surface area contributed by atoms with E-state index in [-0.39, 0.29) is 0 Å². The Kier molecular flexibility index (Phi) is 6.68. The minimum Gasteiger partial charge on any atom is -0.381 e. The summed E-state index contributed by atoms with van der Waals surface area (Å²) in [5.41, 5.74) is 9.02. The molecule has 31 heavy (non-hydrogen) atoms. The Morgan fingerprint density at radius 2 is 1.06 bits per heavy atom. The lowest BCUT2D eigenvalue weighted by atomic mass is 10.0. The van der Waals surface area contributed by atoms with Gasteiger partial charge in [0.15, 0.2) is 0 Å². The van der Waals surface area contributed by atoms with Gasteiger partial charge in [-0.15, -0.1) is 0 Å². The van der Waals surface area contributed by atoms with Crippen molar-refractivity contribution in [1.82, 2.24) is 0 Å². The summed E-state index contributed by atoms with van der Waals surface area (Å²) < 4.78 is 0. The van der Waals surface area contributed by atoms with Crippen molar-refractivity contribution in [2.45, 2.75) is 33.5 Å². The number of rotatable bonds is 8. The van der Waals surface area contributed by atoms with Crippen LogP contribution in [0.3, 0.4) is 0 Å². The van der Waals surface area contributed by atoms with E-state index >= 15 is 0 Å². The molecule has 0 heterocycles. The van der Waals surface area contributed by atoms with E-state index in [1.54, 1.807) is 0 Å². The van der Waals surface area contributed by atoms with Gasteiger partial charge in [0, 0.05) is 31.0 Å². The molecule has 0 aromatic heterocycles. The van der Waals surface area contributed by atoms with E-state index in [0.29, 0.717) is 0 Å². The second kappa shape index (κ2) is 9.99. The highest BCUT2D eigenvalue weighted by Gasteiger charge is 2.16. The molecule has 0 radical (unpaired) electrons. The van der Waals surface area contributed by atoms with Crippen molar-refractivity contribution in [2.24, 2.45) is 0 Å². The highest BCUT2D eigenvalue weighted by molar-refractivity contribution is 5.70. The summed E-state index contributed by atoms with van der Waals surface area (Å²) in [4.78, 5) is 2.50. The fraction of sp³-hybridized carbons (Fsp3) is 0.172. The predicted octanol–water partition coefficient (Wildman–Crippen LogP) is 7.12. The average molecular weight is 407 g/mol. The van der Waals surface area contributed by atoms with Crippen LogP contribution in [-0.2, 0) is 19.6 Å². The average Bonchev–Trinajstić information content (AvgIpc) is 2.81. The van der Waals surface area contributed by atoms with E-state index in [0.717, 1.165) is 19.6 Å². The van der Waals surface area contributed by atoms with Crippen LogP contribution < -0.4 is 10.2 Å². The summed E-state index contributed by atoms with van der Waals surface area (Å²) in [7, 11) is 0. The van der Waals surface area contributed by atoms with Crippen LogP contribution in [0.2, 0.25) is 0 Å². The Balaban J connectivity index is 1.65. The first kappa shape index (κ1) is 20.7. The van der Waals surface area contributed by atoms with Gasteiger partial charge in [-0.05, 0) is 47.7 Å². The third-order valence-electron chi connectivity index (χ3n) is 5.71. The van der Waals surface area contributed by atoms with Crippen LogP contribution in [0.4, 0.5) is 11.4 Å². The van der Waals surface area contributed by atoms with Crippen molar-refractivity contribution in [3.05, 3.63) is 131 Å². The summed E-state index contributed by atoms with van der Waals surface area (Å²) >= 11 is 0. The summed E-state index contributed by atoms with van der Waals surface area (Å²) in [5, 5.41) is 3.65. The van der Waals surface area contributed by atoms with Crippen molar-refractivity contribution in [3.8, 4) is 0 Å². The zero-order chi connectivity index (χ0) is 21.5. The van der Waals surface area contributed by atoms with Gasteiger partial charge in [-0.3, -0.25) is 0 Å². The van der Waals surface area contributed by atoms with Crippen molar-refractivity contribution >= 4 is 11.4 Å². The number of hydrogen-bond donors (Lipinski definition) is 1. The SMILES string of the molecule is Cc1ccc(NCc2ccccc2)c(C)c1N(Cc1ccccc1)Cc1ccccc1. The summed E-state index contributed by atoms with van der Waals surface area (Å²) in [6, 6.07) is 36.5. The van der Waals surface area contributed by atoms with Crippen LogP contribution in [-0.4, -0.2) is 0 Å². The quantitative estimate of drug-likeness (QED) is 0.335. The molecule has 0 spiro atoms. The fourth-order valence-corrected chi connectivity index (χ4v) is 4.13. The summed E-state index contributed by atoms with van der Waals surface area (Å²) in [6.07, 6.45) is 0. The van der Waals surface area contributed by atoms with Gasteiger partial charge in [0.1, 0.15) is 0 Å². The number of nitrogens with one attached hydrogen (secondary N) is 1. The topological polar surface area (TPSA) is 15.3 Å². The smallest absolute Gasteiger partial charge is 0.0452 e. The lowest BCUT2D eigenvalue weighted by Crippen LogP contribution is -2.24. The Labute approximate surface area is 186 Å². The maximum absolute atomic E-state index is 3.65. The Bertz CT molecular complexity index is 1050. The van der Waals surface area contributed by atoms with Gasteiger partial charge >= 0.3 is 0 Å². The lowest BCUT2D eigenvalue weighted by Gasteiger charge is -2.30. The van der Waals surface area contributed by atoms with Gasteiger partial charge in [-0.1, -0.05) is 97.1 Å². The van der Waals surface area contributed by atoms with Crippen LogP contribution in [0.15, 0.2) is 103 Å². The minimum atomic E-state index is 0.821. The molecule has 0 amide bonds. The second-order valence-electron chi connectivity index (χ2n) is 8.07. The largest absolute Gasteiger partial charge is 0.381 e. The fourth-order valence-electron chi connectivity index (χ4n) is 4.13. The van der Waals surface area contributed by atoms with Gasteiger partial charge in [-0.25, -0.2) is 0 Å². The molecule has 0 aliphatic rings. The van der Waals surface area contributed by atoms with E-state index in [1.165, 1.54) is 39.2 Å². The van der Waals surface area contributed by atoms with E-state index < -0.39 is 0 Å². The Hall–Kier alpha value is -3.52. The molecule has 0 atom stereocenters. The van der Waals surface area contributed by atoms with Crippen molar-refractivity contribution < 1.29 is 0 Å². The first-order valence-corrected chi connectivity index (χ1v) is 10.9. The normalized spacial score (nSPS) is 10.6. The molecule has 0 saturated carbocycles. The standard InChI is InChI=1S/C29H30N2/c1-23-18-19-28(30-20-25-12-6-3-7-13-25)24(2)29(23)31(21-26-14-8-4-9-15-26)22-27-16-10-5-11-17-27/h3-19,30H,20-22H2,1-2H3. The van der Waals surface area contributed by atoms with E-state index in [9.17, 15) is 0 Å². The van der Waals surface area contributed by atoms with Crippen molar-refractivity contribution in [2.75, 3.05) is 10.2 Å².